The number of nitriles is 1. The maximum absolute atomic E-state index is 8.96. The van der Waals surface area contributed by atoms with Crippen LogP contribution >= 0.6 is 11.6 Å². The summed E-state index contributed by atoms with van der Waals surface area (Å²) in [4.78, 5) is 4.10. The number of nitrogen functional groups attached to an aromatic ring is 1. The molecule has 0 fully saturated rings. The van der Waals surface area contributed by atoms with Crippen LogP contribution in [0.2, 0.25) is 5.02 Å². The molecule has 1 aromatic carbocycles. The van der Waals surface area contributed by atoms with Crippen molar-refractivity contribution in [2.45, 2.75) is 0 Å². The molecular formula is C12H9ClN4. The fraction of sp³-hybridized carbons (Fsp3) is 0. The quantitative estimate of drug-likeness (QED) is 0.852. The van der Waals surface area contributed by atoms with Gasteiger partial charge in [0.05, 0.1) is 11.3 Å². The number of anilines is 3. The minimum absolute atomic E-state index is 0.499. The summed E-state index contributed by atoms with van der Waals surface area (Å²) in [7, 11) is 0. The second kappa shape index (κ2) is 4.73. The SMILES string of the molecule is N#Cc1ccc(Cl)cc1Nc1cc(N)ccn1. The Morgan fingerprint density at radius 3 is 2.82 bits per heavy atom. The van der Waals surface area contributed by atoms with Gasteiger partial charge in [-0.05, 0) is 24.3 Å². The van der Waals surface area contributed by atoms with Gasteiger partial charge in [-0.15, -0.1) is 0 Å². The average Bonchev–Trinajstić information content (AvgIpc) is 2.29. The summed E-state index contributed by atoms with van der Waals surface area (Å²) in [5.74, 6) is 0.573. The van der Waals surface area contributed by atoms with Gasteiger partial charge in [-0.3, -0.25) is 0 Å². The van der Waals surface area contributed by atoms with Gasteiger partial charge in [-0.2, -0.15) is 5.26 Å². The summed E-state index contributed by atoms with van der Waals surface area (Å²) in [6.45, 7) is 0. The molecule has 0 amide bonds. The Hall–Kier alpha value is -2.25. The standard InChI is InChI=1S/C12H9ClN4/c13-9-2-1-8(7-14)11(5-9)17-12-6-10(15)3-4-16-12/h1-6H,(H3,15,16,17). The number of aromatic nitrogens is 1. The third-order valence-corrected chi connectivity index (χ3v) is 2.38. The molecule has 4 nitrogen and oxygen atoms in total. The highest BCUT2D eigenvalue weighted by molar-refractivity contribution is 6.30. The van der Waals surface area contributed by atoms with E-state index in [1.807, 2.05) is 0 Å². The average molecular weight is 245 g/mol. The lowest BCUT2D eigenvalue weighted by Crippen LogP contribution is -1.97. The summed E-state index contributed by atoms with van der Waals surface area (Å²) in [5.41, 5.74) is 7.35. The summed E-state index contributed by atoms with van der Waals surface area (Å²) in [6, 6.07) is 10.4. The van der Waals surface area contributed by atoms with Crippen LogP contribution in [0.3, 0.4) is 0 Å². The van der Waals surface area contributed by atoms with E-state index in [9.17, 15) is 0 Å². The smallest absolute Gasteiger partial charge is 0.132 e. The molecule has 0 saturated carbocycles. The summed E-state index contributed by atoms with van der Waals surface area (Å²) >= 11 is 5.88. The minimum Gasteiger partial charge on any atom is -0.399 e. The van der Waals surface area contributed by atoms with Gasteiger partial charge in [0.2, 0.25) is 0 Å². The van der Waals surface area contributed by atoms with Gasteiger partial charge in [0.1, 0.15) is 11.9 Å². The van der Waals surface area contributed by atoms with Crippen LogP contribution in [-0.4, -0.2) is 4.98 Å². The highest BCUT2D eigenvalue weighted by Crippen LogP contribution is 2.23. The molecule has 0 radical (unpaired) electrons. The normalized spacial score (nSPS) is 9.65. The molecule has 0 aliphatic carbocycles. The summed E-state index contributed by atoms with van der Waals surface area (Å²) < 4.78 is 0. The summed E-state index contributed by atoms with van der Waals surface area (Å²) in [6.07, 6.45) is 1.59. The van der Waals surface area contributed by atoms with Crippen LogP contribution in [0.5, 0.6) is 0 Å². The van der Waals surface area contributed by atoms with Gasteiger partial charge in [-0.25, -0.2) is 4.98 Å². The Morgan fingerprint density at radius 1 is 1.29 bits per heavy atom. The van der Waals surface area contributed by atoms with Crippen LogP contribution in [0.25, 0.3) is 0 Å². The molecule has 0 aliphatic rings. The van der Waals surface area contributed by atoms with Crippen LogP contribution in [0, 0.1) is 11.3 Å². The predicted molar refractivity (Wildman–Crippen MR) is 68.1 cm³/mol. The van der Waals surface area contributed by atoms with Crippen LogP contribution in [0.1, 0.15) is 5.56 Å². The Kier molecular flexibility index (Phi) is 3.12. The van der Waals surface area contributed by atoms with Crippen molar-refractivity contribution < 1.29 is 0 Å². The zero-order valence-corrected chi connectivity index (χ0v) is 9.57. The molecule has 1 heterocycles. The first kappa shape index (κ1) is 11.2. The number of halogens is 1. The predicted octanol–water partition coefficient (Wildman–Crippen LogP) is 2.93. The van der Waals surface area contributed by atoms with Crippen molar-refractivity contribution in [2.24, 2.45) is 0 Å². The van der Waals surface area contributed by atoms with Crippen molar-refractivity contribution in [1.29, 1.82) is 5.26 Å². The first-order valence-electron chi connectivity index (χ1n) is 4.87. The maximum atomic E-state index is 8.96. The molecule has 0 unspecified atom stereocenters. The molecule has 0 saturated heterocycles. The van der Waals surface area contributed by atoms with Crippen molar-refractivity contribution >= 4 is 28.8 Å². The topological polar surface area (TPSA) is 74.7 Å². The van der Waals surface area contributed by atoms with Crippen molar-refractivity contribution in [2.75, 3.05) is 11.1 Å². The molecule has 0 bridgehead atoms. The van der Waals surface area contributed by atoms with Crippen LogP contribution < -0.4 is 11.1 Å². The van der Waals surface area contributed by atoms with E-state index in [1.54, 1.807) is 36.5 Å². The van der Waals surface area contributed by atoms with Gasteiger partial charge in [0, 0.05) is 23.0 Å². The van der Waals surface area contributed by atoms with Gasteiger partial charge in [0.25, 0.3) is 0 Å². The van der Waals surface area contributed by atoms with E-state index in [-0.39, 0.29) is 0 Å². The van der Waals surface area contributed by atoms with E-state index in [2.05, 4.69) is 16.4 Å². The van der Waals surface area contributed by atoms with Crippen LogP contribution in [0.15, 0.2) is 36.5 Å². The highest BCUT2D eigenvalue weighted by atomic mass is 35.5. The minimum atomic E-state index is 0.499. The molecule has 0 aliphatic heterocycles. The number of hydrogen-bond acceptors (Lipinski definition) is 4. The fourth-order valence-corrected chi connectivity index (χ4v) is 1.54. The number of nitrogens with two attached hydrogens (primary N) is 1. The number of pyridine rings is 1. The second-order valence-electron chi connectivity index (χ2n) is 3.40. The molecule has 2 rings (SSSR count). The fourth-order valence-electron chi connectivity index (χ4n) is 1.37. The third kappa shape index (κ3) is 2.65. The largest absolute Gasteiger partial charge is 0.399 e. The van der Waals surface area contributed by atoms with Crippen molar-refractivity contribution in [3.8, 4) is 6.07 Å². The Labute approximate surface area is 104 Å². The highest BCUT2D eigenvalue weighted by Gasteiger charge is 2.04. The molecule has 17 heavy (non-hydrogen) atoms. The number of nitrogens with one attached hydrogen (secondary N) is 1. The first-order chi connectivity index (χ1) is 8.19. The van der Waals surface area contributed by atoms with E-state index in [4.69, 9.17) is 22.6 Å². The molecule has 3 N–H and O–H groups in total. The van der Waals surface area contributed by atoms with Gasteiger partial charge in [-0.1, -0.05) is 11.6 Å². The third-order valence-electron chi connectivity index (χ3n) is 2.15. The number of rotatable bonds is 2. The van der Waals surface area contributed by atoms with Gasteiger partial charge in [0.15, 0.2) is 0 Å². The molecule has 0 spiro atoms. The second-order valence-corrected chi connectivity index (χ2v) is 3.84. The number of hydrogen-bond donors (Lipinski definition) is 2. The zero-order chi connectivity index (χ0) is 12.3. The lowest BCUT2D eigenvalue weighted by Gasteiger charge is -2.08. The number of benzene rings is 1. The lowest BCUT2D eigenvalue weighted by atomic mass is 10.2. The molecule has 2 aromatic rings. The number of nitrogens with zero attached hydrogens (tertiary/aromatic N) is 2. The van der Waals surface area contributed by atoms with Gasteiger partial charge < -0.3 is 11.1 Å². The van der Waals surface area contributed by atoms with E-state index >= 15 is 0 Å². The first-order valence-corrected chi connectivity index (χ1v) is 5.25. The molecular weight excluding hydrogens is 236 g/mol. The lowest BCUT2D eigenvalue weighted by molar-refractivity contribution is 1.31. The van der Waals surface area contributed by atoms with Crippen molar-refractivity contribution in [3.63, 3.8) is 0 Å². The Bertz CT molecular complexity index is 589. The zero-order valence-electron chi connectivity index (χ0n) is 8.81. The van der Waals surface area contributed by atoms with Crippen molar-refractivity contribution in [1.82, 2.24) is 4.98 Å². The molecule has 84 valence electrons. The molecule has 5 heteroatoms. The summed E-state index contributed by atoms with van der Waals surface area (Å²) in [5, 5.41) is 12.5. The Balaban J connectivity index is 2.36. The van der Waals surface area contributed by atoms with E-state index < -0.39 is 0 Å². The molecule has 0 atom stereocenters. The molecule has 1 aromatic heterocycles. The Morgan fingerprint density at radius 2 is 2.12 bits per heavy atom. The van der Waals surface area contributed by atoms with E-state index in [0.29, 0.717) is 27.8 Å². The van der Waals surface area contributed by atoms with E-state index in [0.717, 1.165) is 0 Å². The van der Waals surface area contributed by atoms with Gasteiger partial charge >= 0.3 is 0 Å². The van der Waals surface area contributed by atoms with Crippen molar-refractivity contribution in [3.05, 3.63) is 47.1 Å². The maximum Gasteiger partial charge on any atom is 0.132 e. The van der Waals surface area contributed by atoms with E-state index in [1.165, 1.54) is 0 Å². The van der Waals surface area contributed by atoms with Crippen LogP contribution in [0.4, 0.5) is 17.2 Å². The van der Waals surface area contributed by atoms with Crippen LogP contribution in [-0.2, 0) is 0 Å². The monoisotopic (exact) mass is 244 g/mol.